The second kappa shape index (κ2) is 8.86. The maximum atomic E-state index is 11.0. The Kier molecular flexibility index (Phi) is 5.82. The number of hydrogen-bond acceptors (Lipinski definition) is 7. The largest absolute Gasteiger partial charge is 0.270 e. The van der Waals surface area contributed by atoms with Gasteiger partial charge in [0.15, 0.2) is 0 Å². The third-order valence-corrected chi connectivity index (χ3v) is 5.70. The molecule has 8 nitrogen and oxygen atoms in total. The molecule has 9 heteroatoms. The Balaban J connectivity index is 1.75. The summed E-state index contributed by atoms with van der Waals surface area (Å²) < 4.78 is 0. The number of non-ortho nitro benzene ring substituents is 2. The molecule has 4 rings (SSSR count). The molecule has 0 aliphatic rings. The fraction of sp³-hybridized carbons (Fsp3) is 0.0435. The van der Waals surface area contributed by atoms with Crippen LogP contribution in [0.15, 0.2) is 77.8 Å². The van der Waals surface area contributed by atoms with Crippen molar-refractivity contribution in [3.05, 3.63) is 104 Å². The molecule has 0 atom stereocenters. The first-order chi connectivity index (χ1) is 15.4. The summed E-state index contributed by atoms with van der Waals surface area (Å²) in [4.78, 5) is 31.0. The van der Waals surface area contributed by atoms with Gasteiger partial charge in [-0.3, -0.25) is 20.2 Å². The molecule has 0 saturated carbocycles. The van der Waals surface area contributed by atoms with Gasteiger partial charge in [0.05, 0.1) is 20.4 Å². The number of nitro groups is 2. The van der Waals surface area contributed by atoms with Crippen LogP contribution in [0.4, 0.5) is 16.5 Å². The summed E-state index contributed by atoms with van der Waals surface area (Å²) >= 11 is 1.34. The lowest BCUT2D eigenvalue weighted by Crippen LogP contribution is -1.89. The quantitative estimate of drug-likeness (QED) is 0.195. The Morgan fingerprint density at radius 1 is 0.875 bits per heavy atom. The standard InChI is InChI=1S/C23H16N4O4S/c1-15-5-7-17(8-6-15)21-22(18-9-11-19(12-10-18)26(28)29)32-23(25-21)24-14-16-3-2-4-20(13-16)27(30)31/h2-14H,1H3. The number of benzene rings is 3. The van der Waals surface area contributed by atoms with E-state index in [1.807, 2.05) is 31.2 Å². The Hall–Kier alpha value is -4.24. The summed E-state index contributed by atoms with van der Waals surface area (Å²) in [5, 5.41) is 22.5. The number of rotatable bonds is 6. The van der Waals surface area contributed by atoms with Gasteiger partial charge in [-0.05, 0) is 30.2 Å². The molecule has 0 aliphatic carbocycles. The summed E-state index contributed by atoms with van der Waals surface area (Å²) in [6.45, 7) is 2.00. The molecule has 0 spiro atoms. The van der Waals surface area contributed by atoms with Gasteiger partial charge in [0.25, 0.3) is 11.4 Å². The van der Waals surface area contributed by atoms with E-state index >= 15 is 0 Å². The summed E-state index contributed by atoms with van der Waals surface area (Å²) in [7, 11) is 0. The predicted molar refractivity (Wildman–Crippen MR) is 125 cm³/mol. The average Bonchev–Trinajstić information content (AvgIpc) is 3.23. The van der Waals surface area contributed by atoms with Gasteiger partial charge in [0.2, 0.25) is 5.13 Å². The van der Waals surface area contributed by atoms with Crippen LogP contribution in [0.2, 0.25) is 0 Å². The van der Waals surface area contributed by atoms with Crippen molar-refractivity contribution in [1.82, 2.24) is 4.98 Å². The van der Waals surface area contributed by atoms with Crippen LogP contribution in [0.5, 0.6) is 0 Å². The molecule has 0 aliphatic heterocycles. The Labute approximate surface area is 186 Å². The van der Waals surface area contributed by atoms with E-state index in [0.717, 1.165) is 27.3 Å². The molecule has 158 valence electrons. The number of aliphatic imine (C=N–C) groups is 1. The van der Waals surface area contributed by atoms with E-state index in [1.165, 1.54) is 41.8 Å². The number of aromatic nitrogens is 1. The summed E-state index contributed by atoms with van der Waals surface area (Å²) in [5.74, 6) is 0. The van der Waals surface area contributed by atoms with Gasteiger partial charge >= 0.3 is 0 Å². The van der Waals surface area contributed by atoms with Crippen molar-refractivity contribution in [3.8, 4) is 21.7 Å². The summed E-state index contributed by atoms with van der Waals surface area (Å²) in [6.07, 6.45) is 1.53. The first kappa shape index (κ1) is 21.0. The van der Waals surface area contributed by atoms with Gasteiger partial charge in [-0.25, -0.2) is 9.98 Å². The zero-order valence-electron chi connectivity index (χ0n) is 16.8. The fourth-order valence-electron chi connectivity index (χ4n) is 3.05. The van der Waals surface area contributed by atoms with Crippen LogP contribution in [-0.4, -0.2) is 21.0 Å². The molecule has 0 N–H and O–H groups in total. The van der Waals surface area contributed by atoms with Crippen LogP contribution in [0.1, 0.15) is 11.1 Å². The molecule has 0 bridgehead atoms. The number of nitrogens with zero attached hydrogens (tertiary/aromatic N) is 4. The molecule has 3 aromatic carbocycles. The molecule has 0 radical (unpaired) electrons. The minimum atomic E-state index is -0.455. The lowest BCUT2D eigenvalue weighted by molar-refractivity contribution is -0.385. The van der Waals surface area contributed by atoms with Gasteiger partial charge < -0.3 is 0 Å². The number of thiazole rings is 1. The highest BCUT2D eigenvalue weighted by molar-refractivity contribution is 7.19. The maximum absolute atomic E-state index is 11.0. The highest BCUT2D eigenvalue weighted by Crippen LogP contribution is 2.40. The van der Waals surface area contributed by atoms with Crippen molar-refractivity contribution >= 4 is 34.1 Å². The normalized spacial score (nSPS) is 11.0. The van der Waals surface area contributed by atoms with Crippen molar-refractivity contribution in [2.75, 3.05) is 0 Å². The van der Waals surface area contributed by atoms with Gasteiger partial charge in [-0.15, -0.1) is 0 Å². The summed E-state index contributed by atoms with van der Waals surface area (Å²) in [5.41, 5.74) is 4.11. The predicted octanol–water partition coefficient (Wildman–Crippen LogP) is 6.35. The highest BCUT2D eigenvalue weighted by Gasteiger charge is 2.16. The van der Waals surface area contributed by atoms with Crippen molar-refractivity contribution < 1.29 is 9.85 Å². The molecule has 1 aromatic heterocycles. The molecule has 0 unspecified atom stereocenters. The van der Waals surface area contributed by atoms with Crippen molar-refractivity contribution in [3.63, 3.8) is 0 Å². The Bertz CT molecular complexity index is 1330. The highest BCUT2D eigenvalue weighted by atomic mass is 32.1. The Morgan fingerprint density at radius 3 is 2.19 bits per heavy atom. The lowest BCUT2D eigenvalue weighted by atomic mass is 10.1. The van der Waals surface area contributed by atoms with Crippen molar-refractivity contribution in [2.24, 2.45) is 4.99 Å². The average molecular weight is 444 g/mol. The zero-order valence-corrected chi connectivity index (χ0v) is 17.7. The van der Waals surface area contributed by atoms with Crippen molar-refractivity contribution in [1.29, 1.82) is 0 Å². The molecular formula is C23H16N4O4S. The molecule has 0 fully saturated rings. The molecule has 0 saturated heterocycles. The van der Waals surface area contributed by atoms with E-state index in [-0.39, 0.29) is 11.4 Å². The van der Waals surface area contributed by atoms with Crippen molar-refractivity contribution in [2.45, 2.75) is 6.92 Å². The molecule has 0 amide bonds. The van der Waals surface area contributed by atoms with Crippen LogP contribution in [0, 0.1) is 27.2 Å². The Morgan fingerprint density at radius 2 is 1.53 bits per heavy atom. The fourth-order valence-corrected chi connectivity index (χ4v) is 3.99. The topological polar surface area (TPSA) is 112 Å². The molecule has 4 aromatic rings. The van der Waals surface area contributed by atoms with E-state index in [4.69, 9.17) is 0 Å². The second-order valence-corrected chi connectivity index (χ2v) is 7.93. The number of aryl methyl sites for hydroxylation is 1. The second-order valence-electron chi connectivity index (χ2n) is 6.95. The van der Waals surface area contributed by atoms with Gasteiger partial charge in [0, 0.05) is 36.0 Å². The number of hydrogen-bond donors (Lipinski definition) is 0. The van der Waals surface area contributed by atoms with Crippen LogP contribution in [0.3, 0.4) is 0 Å². The van der Waals surface area contributed by atoms with Crippen LogP contribution < -0.4 is 0 Å². The van der Waals surface area contributed by atoms with E-state index in [9.17, 15) is 20.2 Å². The molecule has 1 heterocycles. The molecule has 32 heavy (non-hydrogen) atoms. The minimum absolute atomic E-state index is 0.0130. The SMILES string of the molecule is Cc1ccc(-c2nc(N=Cc3cccc([N+](=O)[O-])c3)sc2-c2ccc([N+](=O)[O-])cc2)cc1. The smallest absolute Gasteiger partial charge is 0.258 e. The first-order valence-corrected chi connectivity index (χ1v) is 10.3. The third-order valence-electron chi connectivity index (χ3n) is 4.69. The summed E-state index contributed by atoms with van der Waals surface area (Å²) in [6, 6.07) is 20.4. The van der Waals surface area contributed by atoms with E-state index < -0.39 is 9.85 Å². The minimum Gasteiger partial charge on any atom is -0.258 e. The first-order valence-electron chi connectivity index (χ1n) is 9.52. The maximum Gasteiger partial charge on any atom is 0.270 e. The van der Waals surface area contributed by atoms with E-state index in [1.54, 1.807) is 24.3 Å². The van der Waals surface area contributed by atoms with Gasteiger partial charge in [-0.2, -0.15) is 0 Å². The zero-order chi connectivity index (χ0) is 22.7. The van der Waals surface area contributed by atoms with Crippen LogP contribution in [0.25, 0.3) is 21.7 Å². The monoisotopic (exact) mass is 444 g/mol. The van der Waals surface area contributed by atoms with Gasteiger partial charge in [0.1, 0.15) is 0 Å². The van der Waals surface area contributed by atoms with Gasteiger partial charge in [-0.1, -0.05) is 53.3 Å². The number of nitro benzene ring substituents is 2. The van der Waals surface area contributed by atoms with E-state index in [0.29, 0.717) is 10.7 Å². The van der Waals surface area contributed by atoms with Crippen LogP contribution >= 0.6 is 11.3 Å². The molecular weight excluding hydrogens is 428 g/mol. The lowest BCUT2D eigenvalue weighted by Gasteiger charge is -2.03. The van der Waals surface area contributed by atoms with E-state index in [2.05, 4.69) is 9.98 Å². The van der Waals surface area contributed by atoms with Crippen LogP contribution in [-0.2, 0) is 0 Å². The third kappa shape index (κ3) is 4.57.